The monoisotopic (exact) mass is 324 g/mol. The van der Waals surface area contributed by atoms with Crippen LogP contribution in [0.2, 0.25) is 0 Å². The number of carboxylic acids is 1. The smallest absolute Gasteiger partial charge is 0.321 e. The van der Waals surface area contributed by atoms with Crippen molar-refractivity contribution >= 4 is 34.5 Å². The number of likely N-dealkylation sites (N-methyl/N-ethyl adjacent to an activating group) is 1. The molecule has 21 heavy (non-hydrogen) atoms. The Morgan fingerprint density at radius 1 is 1.38 bits per heavy atom. The fourth-order valence-electron chi connectivity index (χ4n) is 2.57. The molecule has 3 rings (SSSR count). The fraction of sp³-hybridized carbons (Fsp3) is 0.429. The summed E-state index contributed by atoms with van der Waals surface area (Å²) < 4.78 is 0. The topological polar surface area (TPSA) is 73.1 Å². The van der Waals surface area contributed by atoms with Crippen LogP contribution >= 0.6 is 23.5 Å². The SMILES string of the molecule is CN1[C@@H](C(=O)O)CS[C@H]1[C@@H]1CSC(c2ccccc2O)=N1. The van der Waals surface area contributed by atoms with Gasteiger partial charge < -0.3 is 10.2 Å². The quantitative estimate of drug-likeness (QED) is 0.882. The van der Waals surface area contributed by atoms with Crippen LogP contribution in [0.1, 0.15) is 5.56 Å². The first-order valence-corrected chi connectivity index (χ1v) is 8.66. The zero-order valence-electron chi connectivity index (χ0n) is 11.5. The van der Waals surface area contributed by atoms with Crippen LogP contribution in [-0.4, -0.2) is 62.1 Å². The molecule has 3 atom stereocenters. The minimum Gasteiger partial charge on any atom is -0.507 e. The molecule has 112 valence electrons. The third kappa shape index (κ3) is 2.77. The number of hydrogen-bond donors (Lipinski definition) is 2. The van der Waals surface area contributed by atoms with E-state index in [1.54, 1.807) is 35.7 Å². The van der Waals surface area contributed by atoms with Gasteiger partial charge in [0.1, 0.15) is 16.8 Å². The molecule has 0 saturated carbocycles. The first-order chi connectivity index (χ1) is 10.1. The highest BCUT2D eigenvalue weighted by Crippen LogP contribution is 2.37. The number of nitrogens with zero attached hydrogens (tertiary/aromatic N) is 2. The Labute approximate surface area is 131 Å². The lowest BCUT2D eigenvalue weighted by Crippen LogP contribution is -2.42. The Morgan fingerprint density at radius 3 is 2.81 bits per heavy atom. The van der Waals surface area contributed by atoms with E-state index < -0.39 is 12.0 Å². The Balaban J connectivity index is 1.78. The molecule has 2 N–H and O–H groups in total. The lowest BCUT2D eigenvalue weighted by Gasteiger charge is -2.24. The van der Waals surface area contributed by atoms with Gasteiger partial charge in [0.25, 0.3) is 0 Å². The maximum Gasteiger partial charge on any atom is 0.321 e. The normalized spacial score (nSPS) is 29.6. The highest BCUT2D eigenvalue weighted by molar-refractivity contribution is 8.14. The average Bonchev–Trinajstić information content (AvgIpc) is 3.05. The third-order valence-electron chi connectivity index (χ3n) is 3.74. The fourth-order valence-corrected chi connectivity index (χ4v) is 5.33. The number of para-hydroxylation sites is 1. The molecule has 0 bridgehead atoms. The molecule has 1 aromatic rings. The van der Waals surface area contributed by atoms with E-state index in [-0.39, 0.29) is 17.2 Å². The number of aliphatic carboxylic acids is 1. The minimum absolute atomic E-state index is 0.0592. The van der Waals surface area contributed by atoms with Crippen molar-refractivity contribution in [2.45, 2.75) is 17.5 Å². The molecular weight excluding hydrogens is 308 g/mol. The number of phenolic OH excluding ortho intramolecular Hbond substituents is 1. The molecule has 0 unspecified atom stereocenters. The predicted octanol–water partition coefficient (Wildman–Crippen LogP) is 1.71. The number of thioether (sulfide) groups is 2. The lowest BCUT2D eigenvalue weighted by molar-refractivity contribution is -0.141. The van der Waals surface area contributed by atoms with Gasteiger partial charge >= 0.3 is 5.97 Å². The largest absolute Gasteiger partial charge is 0.507 e. The number of benzene rings is 1. The van der Waals surface area contributed by atoms with Crippen molar-refractivity contribution in [3.63, 3.8) is 0 Å². The van der Waals surface area contributed by atoms with Gasteiger partial charge in [-0.15, -0.1) is 23.5 Å². The van der Waals surface area contributed by atoms with E-state index in [0.717, 1.165) is 16.4 Å². The molecule has 0 aliphatic carbocycles. The molecule has 0 radical (unpaired) electrons. The number of carbonyl (C=O) groups is 1. The Morgan fingerprint density at radius 2 is 2.14 bits per heavy atom. The summed E-state index contributed by atoms with van der Waals surface area (Å²) >= 11 is 3.27. The molecule has 2 aliphatic heterocycles. The number of phenols is 1. The van der Waals surface area contributed by atoms with Crippen molar-refractivity contribution < 1.29 is 15.0 Å². The van der Waals surface area contributed by atoms with Crippen LogP contribution in [-0.2, 0) is 4.79 Å². The van der Waals surface area contributed by atoms with E-state index in [9.17, 15) is 15.0 Å². The van der Waals surface area contributed by atoms with Gasteiger partial charge in [-0.2, -0.15) is 0 Å². The average molecular weight is 324 g/mol. The van der Waals surface area contributed by atoms with Crippen molar-refractivity contribution in [2.24, 2.45) is 4.99 Å². The first kappa shape index (κ1) is 14.7. The van der Waals surface area contributed by atoms with Crippen LogP contribution in [0.3, 0.4) is 0 Å². The second-order valence-electron chi connectivity index (χ2n) is 5.07. The second kappa shape index (κ2) is 5.90. The maximum absolute atomic E-state index is 11.2. The van der Waals surface area contributed by atoms with Crippen molar-refractivity contribution in [1.29, 1.82) is 0 Å². The van der Waals surface area contributed by atoms with Crippen molar-refractivity contribution in [1.82, 2.24) is 4.90 Å². The molecule has 1 fully saturated rings. The zero-order valence-corrected chi connectivity index (χ0v) is 13.1. The Kier molecular flexibility index (Phi) is 4.14. The Bertz CT molecular complexity index is 593. The van der Waals surface area contributed by atoms with Crippen LogP contribution < -0.4 is 0 Å². The number of rotatable bonds is 3. The van der Waals surface area contributed by atoms with E-state index in [1.807, 2.05) is 24.1 Å². The van der Waals surface area contributed by atoms with Gasteiger partial charge in [0, 0.05) is 17.1 Å². The number of hydrogen-bond acceptors (Lipinski definition) is 6. The maximum atomic E-state index is 11.2. The van der Waals surface area contributed by atoms with Gasteiger partial charge in [0.15, 0.2) is 0 Å². The molecule has 2 aliphatic rings. The standard InChI is InChI=1S/C14H16N2O3S2/c1-16-10(14(18)19)7-21-13(16)9-6-20-12(15-9)8-4-2-3-5-11(8)17/h2-5,9-10,13,17H,6-7H2,1H3,(H,18,19)/t9-,10+,13-/m0/s1. The molecule has 2 heterocycles. The van der Waals surface area contributed by atoms with Crippen LogP contribution in [0.4, 0.5) is 0 Å². The van der Waals surface area contributed by atoms with Gasteiger partial charge in [0.2, 0.25) is 0 Å². The highest BCUT2D eigenvalue weighted by atomic mass is 32.2. The van der Waals surface area contributed by atoms with Crippen LogP contribution in [0.25, 0.3) is 0 Å². The van der Waals surface area contributed by atoms with Crippen molar-refractivity contribution in [3.05, 3.63) is 29.8 Å². The van der Waals surface area contributed by atoms with E-state index in [2.05, 4.69) is 0 Å². The summed E-state index contributed by atoms with van der Waals surface area (Å²) in [4.78, 5) is 17.8. The van der Waals surface area contributed by atoms with Gasteiger partial charge in [-0.3, -0.25) is 14.7 Å². The van der Waals surface area contributed by atoms with Crippen LogP contribution in [0, 0.1) is 0 Å². The molecule has 1 aromatic carbocycles. The van der Waals surface area contributed by atoms with E-state index >= 15 is 0 Å². The number of aromatic hydroxyl groups is 1. The minimum atomic E-state index is -0.775. The molecular formula is C14H16N2O3S2. The van der Waals surface area contributed by atoms with Gasteiger partial charge in [-0.25, -0.2) is 0 Å². The van der Waals surface area contributed by atoms with Crippen molar-refractivity contribution in [2.75, 3.05) is 18.6 Å². The molecule has 0 amide bonds. The van der Waals surface area contributed by atoms with Gasteiger partial charge in [-0.1, -0.05) is 12.1 Å². The van der Waals surface area contributed by atoms with Crippen LogP contribution in [0.5, 0.6) is 5.75 Å². The number of carboxylic acid groups (broad SMARTS) is 1. The summed E-state index contributed by atoms with van der Waals surface area (Å²) in [5.41, 5.74) is 0.755. The van der Waals surface area contributed by atoms with Crippen molar-refractivity contribution in [3.8, 4) is 5.75 Å². The van der Waals surface area contributed by atoms with E-state index in [4.69, 9.17) is 4.99 Å². The summed E-state index contributed by atoms with van der Waals surface area (Å²) in [6.07, 6.45) is 0. The summed E-state index contributed by atoms with van der Waals surface area (Å²) in [6, 6.07) is 6.80. The predicted molar refractivity (Wildman–Crippen MR) is 86.3 cm³/mol. The summed E-state index contributed by atoms with van der Waals surface area (Å²) in [7, 11) is 1.85. The van der Waals surface area contributed by atoms with Gasteiger partial charge in [-0.05, 0) is 19.2 Å². The highest BCUT2D eigenvalue weighted by Gasteiger charge is 2.41. The zero-order chi connectivity index (χ0) is 15.0. The molecule has 1 saturated heterocycles. The molecule has 7 heteroatoms. The summed E-state index contributed by atoms with van der Waals surface area (Å²) in [5.74, 6) is 0.875. The Hall–Kier alpha value is -1.18. The summed E-state index contributed by atoms with van der Waals surface area (Å²) in [5, 5.41) is 20.0. The summed E-state index contributed by atoms with van der Waals surface area (Å²) in [6.45, 7) is 0. The molecule has 5 nitrogen and oxygen atoms in total. The van der Waals surface area contributed by atoms with Gasteiger partial charge in [0.05, 0.1) is 11.4 Å². The van der Waals surface area contributed by atoms with Crippen LogP contribution in [0.15, 0.2) is 29.3 Å². The second-order valence-corrected chi connectivity index (χ2v) is 7.23. The molecule has 0 aromatic heterocycles. The first-order valence-electron chi connectivity index (χ1n) is 6.63. The lowest BCUT2D eigenvalue weighted by atomic mass is 10.2. The van der Waals surface area contributed by atoms with E-state index in [1.165, 1.54) is 0 Å². The third-order valence-corrected chi connectivity index (χ3v) is 6.34. The molecule has 0 spiro atoms. The van der Waals surface area contributed by atoms with E-state index in [0.29, 0.717) is 5.75 Å². The number of aliphatic imine (C=N–C) groups is 1.